The van der Waals surface area contributed by atoms with Crippen molar-refractivity contribution in [3.8, 4) is 0 Å². The third-order valence-corrected chi connectivity index (χ3v) is 4.28. The number of imidazole rings is 1. The second-order valence-electron chi connectivity index (χ2n) is 6.40. The van der Waals surface area contributed by atoms with Crippen molar-refractivity contribution in [1.82, 2.24) is 15.0 Å². The van der Waals surface area contributed by atoms with E-state index in [0.29, 0.717) is 16.7 Å². The molecule has 0 radical (unpaired) electrons. The predicted molar refractivity (Wildman–Crippen MR) is 106 cm³/mol. The summed E-state index contributed by atoms with van der Waals surface area (Å²) in [6, 6.07) is 12.4. The number of aromatic nitrogens is 3. The van der Waals surface area contributed by atoms with Crippen molar-refractivity contribution in [3.05, 3.63) is 82.4 Å². The van der Waals surface area contributed by atoms with Gasteiger partial charge in [0.15, 0.2) is 0 Å². The Morgan fingerprint density at radius 1 is 0.933 bits per heavy atom. The normalized spacial score (nSPS) is 11.4. The van der Waals surface area contributed by atoms with Crippen LogP contribution < -0.4 is 16.3 Å². The number of halogens is 3. The van der Waals surface area contributed by atoms with E-state index in [1.807, 2.05) is 0 Å². The molecule has 4 aromatic rings. The van der Waals surface area contributed by atoms with Crippen molar-refractivity contribution in [2.45, 2.75) is 6.18 Å². The number of benzene rings is 2. The van der Waals surface area contributed by atoms with Crippen LogP contribution in [0.5, 0.6) is 0 Å². The second kappa shape index (κ2) is 7.39. The molecule has 4 rings (SSSR count). The average molecular weight is 413 g/mol. The number of aromatic amines is 2. The van der Waals surface area contributed by atoms with E-state index in [1.165, 1.54) is 24.4 Å². The van der Waals surface area contributed by atoms with Crippen LogP contribution >= 0.6 is 0 Å². The Morgan fingerprint density at radius 3 is 2.53 bits per heavy atom. The van der Waals surface area contributed by atoms with Crippen molar-refractivity contribution in [3.63, 3.8) is 0 Å². The zero-order valence-electron chi connectivity index (χ0n) is 15.2. The smallest absolute Gasteiger partial charge is 0.340 e. The van der Waals surface area contributed by atoms with Gasteiger partial charge in [-0.2, -0.15) is 13.2 Å². The van der Waals surface area contributed by atoms with Crippen LogP contribution in [-0.2, 0) is 6.18 Å². The summed E-state index contributed by atoms with van der Waals surface area (Å²) in [6.07, 6.45) is -3.04. The minimum absolute atomic E-state index is 0.0101. The van der Waals surface area contributed by atoms with E-state index < -0.39 is 17.6 Å². The van der Waals surface area contributed by atoms with Gasteiger partial charge in [0.1, 0.15) is 5.82 Å². The molecule has 0 fully saturated rings. The Balaban J connectivity index is 1.59. The van der Waals surface area contributed by atoms with E-state index in [9.17, 15) is 22.8 Å². The standard InChI is InChI=1S/C20H14F3N5O2/c21-20(22,23)11-3-1-4-12(9-11)26-18(29)14-5-2-8-24-17(14)25-13-6-7-15-16(10-13)28-19(30)27-15/h1-10H,(H,24,25)(H,26,29)(H2,27,28,30). The van der Waals surface area contributed by atoms with E-state index >= 15 is 0 Å². The van der Waals surface area contributed by atoms with Gasteiger partial charge in [0.25, 0.3) is 5.91 Å². The molecule has 0 atom stereocenters. The third-order valence-electron chi connectivity index (χ3n) is 4.28. The largest absolute Gasteiger partial charge is 0.416 e. The molecule has 0 unspecified atom stereocenters. The molecule has 0 spiro atoms. The minimum atomic E-state index is -4.51. The highest BCUT2D eigenvalue weighted by molar-refractivity contribution is 6.07. The number of H-pyrrole nitrogens is 2. The first-order valence-electron chi connectivity index (χ1n) is 8.72. The Bertz CT molecular complexity index is 1290. The topological polar surface area (TPSA) is 103 Å². The molecule has 0 bridgehead atoms. The second-order valence-corrected chi connectivity index (χ2v) is 6.40. The quantitative estimate of drug-likeness (QED) is 0.401. The van der Waals surface area contributed by atoms with E-state index in [2.05, 4.69) is 25.6 Å². The highest BCUT2D eigenvalue weighted by Gasteiger charge is 2.30. The summed E-state index contributed by atoms with van der Waals surface area (Å²) in [5.74, 6) is -0.416. The van der Waals surface area contributed by atoms with Gasteiger partial charge in [-0.25, -0.2) is 9.78 Å². The highest BCUT2D eigenvalue weighted by Crippen LogP contribution is 2.31. The lowest BCUT2D eigenvalue weighted by molar-refractivity contribution is -0.137. The first-order chi connectivity index (χ1) is 14.3. The molecule has 152 valence electrons. The number of pyridine rings is 1. The van der Waals surface area contributed by atoms with Crippen LogP contribution in [0.25, 0.3) is 11.0 Å². The zero-order valence-corrected chi connectivity index (χ0v) is 15.2. The fraction of sp³-hybridized carbons (Fsp3) is 0.0500. The van der Waals surface area contributed by atoms with Gasteiger partial charge >= 0.3 is 11.9 Å². The number of carbonyl (C=O) groups is 1. The van der Waals surface area contributed by atoms with Gasteiger partial charge in [-0.05, 0) is 48.5 Å². The molecule has 30 heavy (non-hydrogen) atoms. The van der Waals surface area contributed by atoms with Crippen molar-refractivity contribution in [1.29, 1.82) is 0 Å². The van der Waals surface area contributed by atoms with E-state index in [1.54, 1.807) is 24.3 Å². The number of anilines is 3. The lowest BCUT2D eigenvalue weighted by Crippen LogP contribution is -2.15. The molecule has 0 saturated carbocycles. The summed E-state index contributed by atoms with van der Waals surface area (Å²) < 4.78 is 38.7. The number of amides is 1. The SMILES string of the molecule is O=C(Nc1cccc(C(F)(F)F)c1)c1cccnc1Nc1ccc2[nH]c(=O)[nH]c2c1. The summed E-state index contributed by atoms with van der Waals surface area (Å²) in [7, 11) is 0. The molecule has 1 amide bonds. The van der Waals surface area contributed by atoms with Crippen molar-refractivity contribution >= 4 is 34.1 Å². The first kappa shape index (κ1) is 19.2. The number of hydrogen-bond acceptors (Lipinski definition) is 4. The van der Waals surface area contributed by atoms with E-state index in [0.717, 1.165) is 12.1 Å². The van der Waals surface area contributed by atoms with Gasteiger partial charge in [0.05, 0.1) is 22.2 Å². The maximum absolute atomic E-state index is 12.9. The van der Waals surface area contributed by atoms with Crippen LogP contribution in [0.2, 0.25) is 0 Å². The Hall–Kier alpha value is -4.08. The van der Waals surface area contributed by atoms with Crippen LogP contribution in [0.4, 0.5) is 30.4 Å². The van der Waals surface area contributed by atoms with Crippen molar-refractivity contribution < 1.29 is 18.0 Å². The number of nitrogens with one attached hydrogen (secondary N) is 4. The monoisotopic (exact) mass is 413 g/mol. The third kappa shape index (κ3) is 4.02. The van der Waals surface area contributed by atoms with Crippen LogP contribution in [0, 0.1) is 0 Å². The molecule has 10 heteroatoms. The number of nitrogens with zero attached hydrogens (tertiary/aromatic N) is 1. The summed E-state index contributed by atoms with van der Waals surface area (Å²) >= 11 is 0. The number of hydrogen-bond donors (Lipinski definition) is 4. The zero-order chi connectivity index (χ0) is 21.3. The fourth-order valence-corrected chi connectivity index (χ4v) is 2.91. The highest BCUT2D eigenvalue weighted by atomic mass is 19.4. The van der Waals surface area contributed by atoms with Crippen molar-refractivity contribution in [2.75, 3.05) is 10.6 Å². The summed E-state index contributed by atoms with van der Waals surface area (Å²) in [5.41, 5.74) is 0.683. The molecule has 0 aliphatic heterocycles. The number of rotatable bonds is 4. The lowest BCUT2D eigenvalue weighted by atomic mass is 10.1. The summed E-state index contributed by atoms with van der Waals surface area (Å²) in [4.78, 5) is 33.5. The van der Waals surface area contributed by atoms with Crippen LogP contribution in [0.1, 0.15) is 15.9 Å². The van der Waals surface area contributed by atoms with Crippen LogP contribution in [0.3, 0.4) is 0 Å². The van der Waals surface area contributed by atoms with Crippen molar-refractivity contribution in [2.24, 2.45) is 0 Å². The number of alkyl halides is 3. The maximum Gasteiger partial charge on any atom is 0.416 e. The molecule has 2 aromatic heterocycles. The van der Waals surface area contributed by atoms with Gasteiger partial charge in [0.2, 0.25) is 0 Å². The summed E-state index contributed by atoms with van der Waals surface area (Å²) in [6.45, 7) is 0. The molecular formula is C20H14F3N5O2. The minimum Gasteiger partial charge on any atom is -0.340 e. The van der Waals surface area contributed by atoms with Gasteiger partial charge in [-0.1, -0.05) is 6.07 Å². The molecule has 0 saturated heterocycles. The summed E-state index contributed by atoms with van der Waals surface area (Å²) in [5, 5.41) is 5.45. The Kier molecular flexibility index (Phi) is 4.74. The fourth-order valence-electron chi connectivity index (χ4n) is 2.91. The number of carbonyl (C=O) groups excluding carboxylic acids is 1. The average Bonchev–Trinajstić information content (AvgIpc) is 3.07. The predicted octanol–water partition coefficient (Wildman–Crippen LogP) is 4.27. The Labute approximate surface area is 167 Å². The van der Waals surface area contributed by atoms with E-state index in [-0.39, 0.29) is 22.8 Å². The first-order valence-corrected chi connectivity index (χ1v) is 8.72. The van der Waals surface area contributed by atoms with Gasteiger partial charge in [0, 0.05) is 17.6 Å². The molecule has 2 heterocycles. The van der Waals surface area contributed by atoms with Crippen LogP contribution in [-0.4, -0.2) is 20.9 Å². The molecule has 0 aliphatic carbocycles. The molecule has 4 N–H and O–H groups in total. The number of fused-ring (bicyclic) bond motifs is 1. The van der Waals surface area contributed by atoms with Gasteiger partial charge in [-0.15, -0.1) is 0 Å². The van der Waals surface area contributed by atoms with Crippen LogP contribution in [0.15, 0.2) is 65.6 Å². The lowest BCUT2D eigenvalue weighted by Gasteiger charge is -2.12. The van der Waals surface area contributed by atoms with Gasteiger partial charge < -0.3 is 20.6 Å². The maximum atomic E-state index is 12.9. The molecule has 0 aliphatic rings. The molecular weight excluding hydrogens is 399 g/mol. The molecule has 2 aromatic carbocycles. The Morgan fingerprint density at radius 2 is 1.73 bits per heavy atom. The van der Waals surface area contributed by atoms with E-state index in [4.69, 9.17) is 0 Å². The molecule has 7 nitrogen and oxygen atoms in total. The van der Waals surface area contributed by atoms with Gasteiger partial charge in [-0.3, -0.25) is 4.79 Å².